The van der Waals surface area contributed by atoms with Crippen molar-refractivity contribution in [2.45, 2.75) is 0 Å². The Hall–Kier alpha value is -3.96. The number of rotatable bonds is 2. The van der Waals surface area contributed by atoms with Crippen LogP contribution in [0, 0.1) is 11.3 Å². The van der Waals surface area contributed by atoms with Crippen LogP contribution in [0.1, 0.15) is 5.56 Å². The van der Waals surface area contributed by atoms with E-state index in [1.807, 2.05) is 36.4 Å². The summed E-state index contributed by atoms with van der Waals surface area (Å²) in [4.78, 5) is 4.85. The molecule has 0 aliphatic heterocycles. The molecule has 0 aliphatic rings. The van der Waals surface area contributed by atoms with Crippen molar-refractivity contribution in [3.8, 4) is 28.3 Å². The largest absolute Gasteiger partial charge is 0.248 e. The maximum absolute atomic E-state index is 9.11. The molecule has 0 aliphatic carbocycles. The van der Waals surface area contributed by atoms with E-state index >= 15 is 0 Å². The lowest BCUT2D eigenvalue weighted by atomic mass is 9.90. The van der Waals surface area contributed by atoms with Crippen molar-refractivity contribution in [1.82, 2.24) is 4.98 Å². The van der Waals surface area contributed by atoms with Gasteiger partial charge in [-0.25, -0.2) is 4.98 Å². The average molecular weight is 356 g/mol. The average Bonchev–Trinajstić information content (AvgIpc) is 2.77. The van der Waals surface area contributed by atoms with Crippen LogP contribution in [0.2, 0.25) is 0 Å². The van der Waals surface area contributed by atoms with Gasteiger partial charge >= 0.3 is 0 Å². The normalized spacial score (nSPS) is 10.8. The molecule has 0 saturated carbocycles. The Bertz CT molecular complexity index is 1310. The van der Waals surface area contributed by atoms with Gasteiger partial charge in [-0.1, -0.05) is 72.8 Å². The van der Waals surface area contributed by atoms with Crippen molar-refractivity contribution in [3.63, 3.8) is 0 Å². The molecule has 5 aromatic rings. The Morgan fingerprint density at radius 2 is 1.11 bits per heavy atom. The Morgan fingerprint density at radius 3 is 1.71 bits per heavy atom. The third-order valence-corrected chi connectivity index (χ3v) is 5.11. The Kier molecular flexibility index (Phi) is 3.85. The molecular formula is C26H16N2. The molecule has 0 atom stereocenters. The van der Waals surface area contributed by atoms with Gasteiger partial charge < -0.3 is 0 Å². The number of nitrogens with zero attached hydrogens (tertiary/aromatic N) is 2. The zero-order valence-electron chi connectivity index (χ0n) is 15.1. The standard InChI is InChI=1S/C26H16N2/c27-17-18-13-15-19(16-14-18)20-7-1-2-8-21(20)26-22-9-3-5-11-24(22)28-25-12-6-4-10-23(25)26/h1-16H. The van der Waals surface area contributed by atoms with E-state index in [4.69, 9.17) is 10.2 Å². The molecule has 2 heteroatoms. The van der Waals surface area contributed by atoms with Crippen LogP contribution >= 0.6 is 0 Å². The number of nitriles is 1. The molecule has 1 heterocycles. The number of fused-ring (bicyclic) bond motifs is 2. The first-order valence-electron chi connectivity index (χ1n) is 9.22. The molecule has 2 nitrogen and oxygen atoms in total. The van der Waals surface area contributed by atoms with Crippen LogP contribution in [0.4, 0.5) is 0 Å². The predicted molar refractivity (Wildman–Crippen MR) is 115 cm³/mol. The van der Waals surface area contributed by atoms with Gasteiger partial charge in [0.15, 0.2) is 0 Å². The Morgan fingerprint density at radius 1 is 0.571 bits per heavy atom. The van der Waals surface area contributed by atoms with E-state index in [1.54, 1.807) is 0 Å². The van der Waals surface area contributed by atoms with Crippen molar-refractivity contribution in [3.05, 3.63) is 103 Å². The summed E-state index contributed by atoms with van der Waals surface area (Å²) in [5.74, 6) is 0. The highest BCUT2D eigenvalue weighted by Crippen LogP contribution is 2.39. The van der Waals surface area contributed by atoms with Crippen LogP contribution in [0.15, 0.2) is 97.1 Å². The van der Waals surface area contributed by atoms with Crippen molar-refractivity contribution in [2.24, 2.45) is 0 Å². The van der Waals surface area contributed by atoms with Crippen LogP contribution in [-0.2, 0) is 0 Å². The minimum absolute atomic E-state index is 0.668. The molecule has 0 bridgehead atoms. The summed E-state index contributed by atoms with van der Waals surface area (Å²) in [5.41, 5.74) is 7.26. The highest BCUT2D eigenvalue weighted by Gasteiger charge is 2.14. The van der Waals surface area contributed by atoms with E-state index < -0.39 is 0 Å². The molecular weight excluding hydrogens is 340 g/mol. The topological polar surface area (TPSA) is 36.7 Å². The summed E-state index contributed by atoms with van der Waals surface area (Å²) in [6.07, 6.45) is 0. The lowest BCUT2D eigenvalue weighted by Gasteiger charge is -2.15. The van der Waals surface area contributed by atoms with E-state index in [-0.39, 0.29) is 0 Å². The van der Waals surface area contributed by atoms with Crippen LogP contribution in [0.3, 0.4) is 0 Å². The van der Waals surface area contributed by atoms with E-state index in [1.165, 1.54) is 11.1 Å². The molecule has 28 heavy (non-hydrogen) atoms. The summed E-state index contributed by atoms with van der Waals surface area (Å²) in [6.45, 7) is 0. The minimum atomic E-state index is 0.668. The van der Waals surface area contributed by atoms with Crippen molar-refractivity contribution in [1.29, 1.82) is 5.26 Å². The maximum Gasteiger partial charge on any atom is 0.0991 e. The van der Waals surface area contributed by atoms with Gasteiger partial charge in [0.2, 0.25) is 0 Å². The second-order valence-corrected chi connectivity index (χ2v) is 6.76. The summed E-state index contributed by atoms with van der Waals surface area (Å²) in [5, 5.41) is 11.4. The molecule has 130 valence electrons. The first-order chi connectivity index (χ1) is 13.8. The summed E-state index contributed by atoms with van der Waals surface area (Å²) < 4.78 is 0. The second kappa shape index (κ2) is 6.64. The third kappa shape index (κ3) is 2.62. The zero-order valence-corrected chi connectivity index (χ0v) is 15.1. The van der Waals surface area contributed by atoms with Gasteiger partial charge in [-0.05, 0) is 41.0 Å². The van der Waals surface area contributed by atoms with Gasteiger partial charge in [0.05, 0.1) is 22.7 Å². The monoisotopic (exact) mass is 356 g/mol. The lowest BCUT2D eigenvalue weighted by molar-refractivity contribution is 1.48. The van der Waals surface area contributed by atoms with E-state index in [9.17, 15) is 0 Å². The Balaban J connectivity index is 1.87. The van der Waals surface area contributed by atoms with Crippen molar-refractivity contribution in [2.75, 3.05) is 0 Å². The molecule has 5 rings (SSSR count). The molecule has 0 N–H and O–H groups in total. The van der Waals surface area contributed by atoms with Gasteiger partial charge in [-0.2, -0.15) is 5.26 Å². The number of benzene rings is 4. The fourth-order valence-electron chi connectivity index (χ4n) is 3.81. The zero-order chi connectivity index (χ0) is 18.9. The minimum Gasteiger partial charge on any atom is -0.248 e. The highest BCUT2D eigenvalue weighted by atomic mass is 14.7. The summed E-state index contributed by atoms with van der Waals surface area (Å²) in [6, 6.07) is 35.0. The van der Waals surface area contributed by atoms with Gasteiger partial charge in [0, 0.05) is 16.3 Å². The number of para-hydroxylation sites is 2. The van der Waals surface area contributed by atoms with Crippen LogP contribution in [-0.4, -0.2) is 4.98 Å². The van der Waals surface area contributed by atoms with Crippen LogP contribution < -0.4 is 0 Å². The molecule has 0 radical (unpaired) electrons. The number of aromatic nitrogens is 1. The SMILES string of the molecule is N#Cc1ccc(-c2ccccc2-c2c3ccccc3nc3ccccc23)cc1. The van der Waals surface area contributed by atoms with Crippen LogP contribution in [0.5, 0.6) is 0 Å². The van der Waals surface area contributed by atoms with Crippen LogP contribution in [0.25, 0.3) is 44.1 Å². The lowest BCUT2D eigenvalue weighted by Crippen LogP contribution is -1.91. The molecule has 0 unspecified atom stereocenters. The summed E-state index contributed by atoms with van der Waals surface area (Å²) in [7, 11) is 0. The van der Waals surface area contributed by atoms with E-state index in [0.29, 0.717) is 5.56 Å². The van der Waals surface area contributed by atoms with E-state index in [2.05, 4.69) is 66.7 Å². The number of hydrogen-bond acceptors (Lipinski definition) is 2. The number of hydrogen-bond donors (Lipinski definition) is 0. The first-order valence-corrected chi connectivity index (χ1v) is 9.22. The van der Waals surface area contributed by atoms with Gasteiger partial charge in [0.1, 0.15) is 0 Å². The molecule has 0 fully saturated rings. The Labute approximate surface area is 163 Å². The van der Waals surface area contributed by atoms with Gasteiger partial charge in [-0.15, -0.1) is 0 Å². The fraction of sp³-hybridized carbons (Fsp3) is 0. The maximum atomic E-state index is 9.11. The molecule has 0 spiro atoms. The fourth-order valence-corrected chi connectivity index (χ4v) is 3.81. The quantitative estimate of drug-likeness (QED) is 0.334. The van der Waals surface area contributed by atoms with Crippen molar-refractivity contribution < 1.29 is 0 Å². The molecule has 4 aromatic carbocycles. The second-order valence-electron chi connectivity index (χ2n) is 6.76. The first kappa shape index (κ1) is 16.2. The highest BCUT2D eigenvalue weighted by molar-refractivity contribution is 6.11. The van der Waals surface area contributed by atoms with Gasteiger partial charge in [0.25, 0.3) is 0 Å². The van der Waals surface area contributed by atoms with E-state index in [0.717, 1.165) is 32.9 Å². The number of pyridine rings is 1. The van der Waals surface area contributed by atoms with Gasteiger partial charge in [-0.3, -0.25) is 0 Å². The third-order valence-electron chi connectivity index (χ3n) is 5.11. The smallest absolute Gasteiger partial charge is 0.0991 e. The molecule has 0 saturated heterocycles. The summed E-state index contributed by atoms with van der Waals surface area (Å²) >= 11 is 0. The molecule has 1 aromatic heterocycles. The van der Waals surface area contributed by atoms with Crippen molar-refractivity contribution >= 4 is 21.8 Å². The predicted octanol–water partition coefficient (Wildman–Crippen LogP) is 6.59. The molecule has 0 amide bonds.